The van der Waals surface area contributed by atoms with Crippen molar-refractivity contribution in [3.63, 3.8) is 0 Å². The van der Waals surface area contributed by atoms with Crippen molar-refractivity contribution in [1.82, 2.24) is 0 Å². The van der Waals surface area contributed by atoms with Crippen molar-refractivity contribution in [3.05, 3.63) is 0 Å². The second-order valence-corrected chi connectivity index (χ2v) is 0.884. The Labute approximate surface area is 72.2 Å². The number of aliphatic carboxylic acids is 1. The van der Waals surface area contributed by atoms with E-state index in [0.29, 0.717) is 0 Å². The molecule has 0 rings (SSSR count). The minimum atomic E-state index is -2.26. The van der Waals surface area contributed by atoms with E-state index in [4.69, 9.17) is 7.85 Å². The molecule has 0 heterocycles. The zero-order chi connectivity index (χ0) is 7.65. The second-order valence-electron chi connectivity index (χ2n) is 0.884. The predicted molar refractivity (Wildman–Crippen MR) is 28.7 cm³/mol. The molecule has 0 saturated heterocycles. The molecule has 0 spiro atoms. The van der Waals surface area contributed by atoms with E-state index in [1.54, 1.807) is 0 Å². The zero-order valence-electron chi connectivity index (χ0n) is 6.76. The number of rotatable bonds is 2. The summed E-state index contributed by atoms with van der Waals surface area (Å²) in [4.78, 5) is 19.9. The molecule has 3 nitrogen and oxygen atoms in total. The van der Waals surface area contributed by atoms with Crippen molar-refractivity contribution in [1.29, 1.82) is 0 Å². The fraction of sp³-hybridized carbons (Fsp3) is 0.500. The molecule has 4 heteroatoms. The molecule has 0 unspecified atom stereocenters. The Hall–Kier alpha value is 0.140. The molecule has 0 aliphatic heterocycles. The largest absolute Gasteiger partial charge is 0.476 e. The first-order valence-corrected chi connectivity index (χ1v) is 1.63. The SMILES string of the molecule is [2H]C([2H])([13CH3])C(=O)C(=O)O.[Na]. The molecular formula is C4H6NaO3. The third-order valence-electron chi connectivity index (χ3n) is 0.421. The number of ketones is 1. The fourth-order valence-electron chi connectivity index (χ4n) is 0.107. The number of hydrogen-bond donors (Lipinski definition) is 1. The Morgan fingerprint density at radius 2 is 2.12 bits per heavy atom. The van der Waals surface area contributed by atoms with E-state index in [0.717, 1.165) is 6.92 Å². The summed E-state index contributed by atoms with van der Waals surface area (Å²) >= 11 is 0. The molecule has 8 heavy (non-hydrogen) atoms. The summed E-state index contributed by atoms with van der Waals surface area (Å²) in [5, 5.41) is 7.93. The monoisotopic (exact) mass is 128 g/mol. The predicted octanol–water partition coefficient (Wildman–Crippen LogP) is -0.331. The van der Waals surface area contributed by atoms with Crippen LogP contribution in [0.25, 0.3) is 0 Å². The van der Waals surface area contributed by atoms with Crippen LogP contribution >= 0.6 is 0 Å². The maximum absolute atomic E-state index is 10.2. The summed E-state index contributed by atoms with van der Waals surface area (Å²) in [7, 11) is 0. The summed E-state index contributed by atoms with van der Waals surface area (Å²) in [5.41, 5.74) is 0. The molecule has 0 atom stereocenters. The van der Waals surface area contributed by atoms with Crippen LogP contribution < -0.4 is 0 Å². The average Bonchev–Trinajstić information content (AvgIpc) is 1.62. The fourth-order valence-corrected chi connectivity index (χ4v) is 0.107. The van der Waals surface area contributed by atoms with Crippen molar-refractivity contribution in [2.45, 2.75) is 13.3 Å². The van der Waals surface area contributed by atoms with Crippen molar-refractivity contribution < 1.29 is 17.4 Å². The van der Waals surface area contributed by atoms with Gasteiger partial charge in [-0.05, 0) is 0 Å². The van der Waals surface area contributed by atoms with E-state index < -0.39 is 18.1 Å². The summed E-state index contributed by atoms with van der Waals surface area (Å²) < 4.78 is 13.2. The van der Waals surface area contributed by atoms with Gasteiger partial charge in [-0.3, -0.25) is 4.79 Å². The van der Waals surface area contributed by atoms with E-state index in [2.05, 4.69) is 0 Å². The first kappa shape index (κ1) is 6.26. The topological polar surface area (TPSA) is 54.4 Å². The van der Waals surface area contributed by atoms with Crippen LogP contribution in [0.2, 0.25) is 0 Å². The van der Waals surface area contributed by atoms with Crippen molar-refractivity contribution in [2.24, 2.45) is 0 Å². The smallest absolute Gasteiger partial charge is 0.372 e. The van der Waals surface area contributed by atoms with Gasteiger partial charge in [-0.25, -0.2) is 4.79 Å². The van der Waals surface area contributed by atoms with Gasteiger partial charge in [-0.15, -0.1) is 0 Å². The molecular weight excluding hydrogens is 120 g/mol. The summed E-state index contributed by atoms with van der Waals surface area (Å²) in [6.07, 6.45) is -2.26. The van der Waals surface area contributed by atoms with Gasteiger partial charge in [-0.2, -0.15) is 0 Å². The number of Topliss-reactive ketones (excluding diaryl/α,β-unsaturated/α-hetero) is 1. The van der Waals surface area contributed by atoms with Gasteiger partial charge in [0.2, 0.25) is 5.78 Å². The standard InChI is InChI=1S/C4H6O3.Na/c1-2-3(5)4(6)7;/h2H2,1H3,(H,6,7);/i1+1,2D2;. The molecule has 0 aromatic heterocycles. The molecule has 0 fully saturated rings. The first-order chi connectivity index (χ1) is 3.85. The van der Waals surface area contributed by atoms with Gasteiger partial charge in [0, 0.05) is 38.7 Å². The summed E-state index contributed by atoms with van der Waals surface area (Å²) in [6, 6.07) is 0. The molecule has 0 bridgehead atoms. The van der Waals surface area contributed by atoms with Gasteiger partial charge >= 0.3 is 5.97 Å². The number of carboxylic acids is 1. The molecule has 0 aromatic rings. The molecule has 0 aliphatic rings. The third-order valence-corrected chi connectivity index (χ3v) is 0.421. The van der Waals surface area contributed by atoms with Crippen LogP contribution in [0, 0.1) is 0 Å². The summed E-state index contributed by atoms with van der Waals surface area (Å²) in [6.45, 7) is 0.906. The molecule has 41 valence electrons. The molecule has 1 N–H and O–H groups in total. The molecule has 0 saturated carbocycles. The molecule has 0 aliphatic carbocycles. The summed E-state index contributed by atoms with van der Waals surface area (Å²) in [5.74, 6) is -3.15. The zero-order valence-corrected chi connectivity index (χ0v) is 6.76. The van der Waals surface area contributed by atoms with E-state index in [-0.39, 0.29) is 29.6 Å². The number of hydrogen-bond acceptors (Lipinski definition) is 2. The average molecular weight is 128 g/mol. The molecule has 1 radical (unpaired) electrons. The van der Waals surface area contributed by atoms with E-state index >= 15 is 0 Å². The van der Waals surface area contributed by atoms with Gasteiger partial charge in [-0.1, -0.05) is 6.92 Å². The van der Waals surface area contributed by atoms with E-state index in [9.17, 15) is 9.59 Å². The van der Waals surface area contributed by atoms with Crippen molar-refractivity contribution in [2.75, 3.05) is 0 Å². The maximum Gasteiger partial charge on any atom is 0.372 e. The Morgan fingerprint density at radius 1 is 1.75 bits per heavy atom. The van der Waals surface area contributed by atoms with Gasteiger partial charge in [0.1, 0.15) is 0 Å². The molecule has 0 amide bonds. The maximum atomic E-state index is 10.2. The van der Waals surface area contributed by atoms with Gasteiger partial charge in [0.15, 0.2) is 0 Å². The van der Waals surface area contributed by atoms with Crippen LogP contribution in [0.1, 0.15) is 16.0 Å². The van der Waals surface area contributed by atoms with Gasteiger partial charge < -0.3 is 5.11 Å². The minimum absolute atomic E-state index is 0. The van der Waals surface area contributed by atoms with E-state index in [1.165, 1.54) is 0 Å². The minimum Gasteiger partial charge on any atom is -0.476 e. The van der Waals surface area contributed by atoms with Gasteiger partial charge in [0.05, 0.1) is 0 Å². The number of carboxylic acid groups (broad SMARTS) is 1. The van der Waals surface area contributed by atoms with Crippen molar-refractivity contribution in [3.8, 4) is 0 Å². The van der Waals surface area contributed by atoms with Crippen LogP contribution in [0.15, 0.2) is 0 Å². The van der Waals surface area contributed by atoms with Crippen LogP contribution in [0.5, 0.6) is 0 Å². The number of carbonyl (C=O) groups excluding carboxylic acids is 1. The van der Waals surface area contributed by atoms with Gasteiger partial charge in [0.25, 0.3) is 0 Å². The quantitative estimate of drug-likeness (QED) is 0.314. The van der Waals surface area contributed by atoms with Crippen molar-refractivity contribution >= 4 is 41.3 Å². The first-order valence-electron chi connectivity index (χ1n) is 2.63. The Bertz CT molecular complexity index is 151. The Morgan fingerprint density at radius 3 is 2.12 bits per heavy atom. The van der Waals surface area contributed by atoms with E-state index in [1.807, 2.05) is 0 Å². The van der Waals surface area contributed by atoms with Crippen LogP contribution in [-0.4, -0.2) is 46.4 Å². The third kappa shape index (κ3) is 4.30. The normalized spacial score (nSPS) is 12.6. The second kappa shape index (κ2) is 5.28. The molecule has 0 aromatic carbocycles. The van der Waals surface area contributed by atoms with Crippen LogP contribution in [-0.2, 0) is 9.59 Å². The Kier molecular flexibility index (Phi) is 4.13. The Balaban J connectivity index is 0. The number of carbonyl (C=O) groups is 2. The van der Waals surface area contributed by atoms with Crippen LogP contribution in [0.3, 0.4) is 0 Å². The van der Waals surface area contributed by atoms with Crippen LogP contribution in [0.4, 0.5) is 0 Å².